The lowest BCUT2D eigenvalue weighted by molar-refractivity contribution is 0.170. The predicted octanol–water partition coefficient (Wildman–Crippen LogP) is 1.16. The van der Waals surface area contributed by atoms with E-state index in [0.29, 0.717) is 10.7 Å². The molecule has 9 heteroatoms. The van der Waals surface area contributed by atoms with Crippen molar-refractivity contribution in [1.82, 2.24) is 16.1 Å². The second-order valence-corrected chi connectivity index (χ2v) is 4.42. The second-order valence-electron chi connectivity index (χ2n) is 3.63. The van der Waals surface area contributed by atoms with Crippen LogP contribution >= 0.6 is 23.2 Å². The molecular formula is C10H12Cl2N4O3. The Morgan fingerprint density at radius 2 is 2.11 bits per heavy atom. The Hall–Kier alpha value is -1.25. The zero-order chi connectivity index (χ0) is 14.0. The lowest BCUT2D eigenvalue weighted by Crippen LogP contribution is -2.39. The average Bonchev–Trinajstić information content (AvgIpc) is 2.73. The highest BCUT2D eigenvalue weighted by Crippen LogP contribution is 2.39. The molecule has 1 saturated heterocycles. The number of rotatable bonds is 4. The van der Waals surface area contributed by atoms with Gasteiger partial charge in [0.25, 0.3) is 0 Å². The molecule has 1 aliphatic rings. The third-order valence-electron chi connectivity index (χ3n) is 2.52. The fraction of sp³-hybridized carbons (Fsp3) is 0.300. The summed E-state index contributed by atoms with van der Waals surface area (Å²) in [4.78, 5) is 12.0. The number of nitrogens with one attached hydrogen (secondary N) is 2. The minimum Gasteiger partial charge on any atom is -0.494 e. The summed E-state index contributed by atoms with van der Waals surface area (Å²) in [5.74, 6) is 0.288. The first-order valence-electron chi connectivity index (χ1n) is 5.36. The van der Waals surface area contributed by atoms with E-state index in [4.69, 9.17) is 33.0 Å². The molecule has 0 spiro atoms. The lowest BCUT2D eigenvalue weighted by Gasteiger charge is -2.17. The Balaban J connectivity index is 2.31. The first-order chi connectivity index (χ1) is 9.10. The standard InChI is InChI=1S/C10H12Cl2N4O3/c1-19-9-6(11)2-3-7(8(9)12)16-10(18)15(4-5-17)13-14-16/h2-3,13-14,17H,4-5H2,1H3. The van der Waals surface area contributed by atoms with Crippen molar-refractivity contribution in [2.75, 3.05) is 25.3 Å². The number of nitrogens with zero attached hydrogens (tertiary/aromatic N) is 2. The Labute approximate surface area is 119 Å². The summed E-state index contributed by atoms with van der Waals surface area (Å²) < 4.78 is 5.08. The number of aliphatic hydroxyl groups excluding tert-OH is 1. The van der Waals surface area contributed by atoms with Crippen molar-refractivity contribution in [2.24, 2.45) is 0 Å². The number of methoxy groups -OCH3 is 1. The molecule has 1 aromatic rings. The molecule has 0 radical (unpaired) electrons. The molecule has 1 aromatic carbocycles. The van der Waals surface area contributed by atoms with Crippen molar-refractivity contribution in [3.8, 4) is 5.75 Å². The third kappa shape index (κ3) is 2.56. The van der Waals surface area contributed by atoms with E-state index >= 15 is 0 Å². The fourth-order valence-electron chi connectivity index (χ4n) is 1.62. The number of carbonyl (C=O) groups is 1. The Morgan fingerprint density at radius 3 is 2.74 bits per heavy atom. The van der Waals surface area contributed by atoms with Crippen LogP contribution in [0.15, 0.2) is 12.1 Å². The number of anilines is 1. The molecule has 2 rings (SSSR count). The highest BCUT2D eigenvalue weighted by atomic mass is 35.5. The summed E-state index contributed by atoms with van der Waals surface area (Å²) in [5, 5.41) is 11.8. The topological polar surface area (TPSA) is 77.1 Å². The molecule has 0 aromatic heterocycles. The number of ether oxygens (including phenoxy) is 1. The molecule has 7 nitrogen and oxygen atoms in total. The van der Waals surface area contributed by atoms with Gasteiger partial charge in [0, 0.05) is 0 Å². The van der Waals surface area contributed by atoms with Crippen LogP contribution in [0.4, 0.5) is 10.5 Å². The van der Waals surface area contributed by atoms with Crippen molar-refractivity contribution >= 4 is 34.9 Å². The number of halogens is 2. The summed E-state index contributed by atoms with van der Waals surface area (Å²) in [6.45, 7) is -0.0173. The zero-order valence-electron chi connectivity index (χ0n) is 9.98. The van der Waals surface area contributed by atoms with Gasteiger partial charge in [0.05, 0.1) is 31.0 Å². The van der Waals surface area contributed by atoms with Crippen LogP contribution in [-0.4, -0.2) is 36.4 Å². The first kappa shape index (κ1) is 14.2. The lowest BCUT2D eigenvalue weighted by atomic mass is 10.3. The van der Waals surface area contributed by atoms with Gasteiger partial charge in [-0.1, -0.05) is 23.2 Å². The van der Waals surface area contributed by atoms with Crippen LogP contribution in [0.3, 0.4) is 0 Å². The van der Waals surface area contributed by atoms with Gasteiger partial charge in [-0.05, 0) is 12.1 Å². The van der Waals surface area contributed by atoms with Crippen LogP contribution < -0.4 is 20.8 Å². The van der Waals surface area contributed by atoms with E-state index in [0.717, 1.165) is 0 Å². The molecule has 1 fully saturated rings. The molecule has 19 heavy (non-hydrogen) atoms. The van der Waals surface area contributed by atoms with Gasteiger partial charge >= 0.3 is 6.03 Å². The maximum atomic E-state index is 12.0. The molecule has 3 N–H and O–H groups in total. The Bertz CT molecular complexity index is 500. The van der Waals surface area contributed by atoms with Crippen LogP contribution in [0.5, 0.6) is 5.75 Å². The smallest absolute Gasteiger partial charge is 0.355 e. The summed E-state index contributed by atoms with van der Waals surface area (Å²) in [7, 11) is 1.44. The summed E-state index contributed by atoms with van der Waals surface area (Å²) >= 11 is 12.1. The zero-order valence-corrected chi connectivity index (χ0v) is 11.5. The van der Waals surface area contributed by atoms with Gasteiger partial charge in [-0.3, -0.25) is 0 Å². The largest absolute Gasteiger partial charge is 0.494 e. The highest BCUT2D eigenvalue weighted by Gasteiger charge is 2.31. The molecule has 1 aliphatic heterocycles. The minimum atomic E-state index is -0.402. The van der Waals surface area contributed by atoms with E-state index in [-0.39, 0.29) is 23.9 Å². The van der Waals surface area contributed by atoms with Gasteiger partial charge in [0.15, 0.2) is 5.75 Å². The van der Waals surface area contributed by atoms with E-state index in [2.05, 4.69) is 11.1 Å². The maximum Gasteiger partial charge on any atom is 0.355 e. The van der Waals surface area contributed by atoms with Crippen molar-refractivity contribution in [3.05, 3.63) is 22.2 Å². The predicted molar refractivity (Wildman–Crippen MR) is 71.0 cm³/mol. The van der Waals surface area contributed by atoms with E-state index in [1.807, 2.05) is 0 Å². The molecule has 0 aliphatic carbocycles. The molecule has 104 valence electrons. The number of hydrazine groups is 3. The molecule has 1 heterocycles. The van der Waals surface area contributed by atoms with Crippen molar-refractivity contribution in [3.63, 3.8) is 0 Å². The van der Waals surface area contributed by atoms with E-state index < -0.39 is 6.03 Å². The Morgan fingerprint density at radius 1 is 1.37 bits per heavy atom. The van der Waals surface area contributed by atoms with Gasteiger partial charge < -0.3 is 9.84 Å². The van der Waals surface area contributed by atoms with Crippen molar-refractivity contribution < 1.29 is 14.6 Å². The minimum absolute atomic E-state index is 0.144. The van der Waals surface area contributed by atoms with Gasteiger partial charge in [0.2, 0.25) is 0 Å². The second kappa shape index (κ2) is 5.81. The molecular weight excluding hydrogens is 295 g/mol. The first-order valence-corrected chi connectivity index (χ1v) is 6.11. The SMILES string of the molecule is COc1c(Cl)ccc(N2NNN(CCO)C2=O)c1Cl. The molecule has 0 atom stereocenters. The van der Waals surface area contributed by atoms with Gasteiger partial charge in [-0.25, -0.2) is 14.8 Å². The number of benzene rings is 1. The van der Waals surface area contributed by atoms with Gasteiger partial charge in [0.1, 0.15) is 5.02 Å². The molecule has 0 bridgehead atoms. The molecule has 2 amide bonds. The number of amides is 2. The average molecular weight is 307 g/mol. The summed E-state index contributed by atoms with van der Waals surface area (Å²) in [5.41, 5.74) is 5.63. The van der Waals surface area contributed by atoms with Crippen LogP contribution in [0.25, 0.3) is 0 Å². The van der Waals surface area contributed by atoms with E-state index in [9.17, 15) is 4.79 Å². The molecule has 0 unspecified atom stereocenters. The monoisotopic (exact) mass is 306 g/mol. The number of carbonyl (C=O) groups excluding carboxylic acids is 1. The van der Waals surface area contributed by atoms with Crippen LogP contribution in [0, 0.1) is 0 Å². The van der Waals surface area contributed by atoms with Crippen molar-refractivity contribution in [2.45, 2.75) is 0 Å². The number of hydrogen-bond acceptors (Lipinski definition) is 5. The van der Waals surface area contributed by atoms with E-state index in [1.54, 1.807) is 12.1 Å². The number of hydrogen-bond donors (Lipinski definition) is 3. The van der Waals surface area contributed by atoms with Crippen molar-refractivity contribution in [1.29, 1.82) is 0 Å². The van der Waals surface area contributed by atoms with Crippen LogP contribution in [0.1, 0.15) is 0 Å². The maximum absolute atomic E-state index is 12.0. The summed E-state index contributed by atoms with van der Waals surface area (Å²) in [6.07, 6.45) is 0. The van der Waals surface area contributed by atoms with Crippen LogP contribution in [-0.2, 0) is 0 Å². The number of urea groups is 1. The van der Waals surface area contributed by atoms with Gasteiger partial charge in [-0.15, -0.1) is 11.1 Å². The Kier molecular flexibility index (Phi) is 4.33. The normalized spacial score (nSPS) is 15.3. The number of β-amino-alcohol motifs (C(OH)–C–C–N with tert-alkyl or cyclic N) is 1. The third-order valence-corrected chi connectivity index (χ3v) is 3.18. The van der Waals surface area contributed by atoms with Crippen LogP contribution in [0.2, 0.25) is 10.0 Å². The fourth-order valence-corrected chi connectivity index (χ4v) is 2.23. The van der Waals surface area contributed by atoms with E-state index in [1.165, 1.54) is 17.1 Å². The highest BCUT2D eigenvalue weighted by molar-refractivity contribution is 6.39. The summed E-state index contributed by atoms with van der Waals surface area (Å²) in [6, 6.07) is 2.76. The van der Waals surface area contributed by atoms with Gasteiger partial charge in [-0.2, -0.15) is 0 Å². The number of aliphatic hydroxyl groups is 1. The molecule has 0 saturated carbocycles. The quantitative estimate of drug-likeness (QED) is 0.778.